The van der Waals surface area contributed by atoms with Gasteiger partial charge in [0, 0.05) is 17.0 Å². The van der Waals surface area contributed by atoms with Crippen molar-refractivity contribution in [2.24, 2.45) is 0 Å². The number of para-hydroxylation sites is 1. The minimum Gasteiger partial charge on any atom is -0.324 e. The van der Waals surface area contributed by atoms with Gasteiger partial charge in [-0.15, -0.1) is 11.8 Å². The lowest BCUT2D eigenvalue weighted by Gasteiger charge is -2.24. The van der Waals surface area contributed by atoms with Gasteiger partial charge in [0.05, 0.1) is 10.6 Å². The van der Waals surface area contributed by atoms with Crippen molar-refractivity contribution in [2.75, 3.05) is 5.32 Å². The molecule has 3 rings (SSSR count). The first-order chi connectivity index (χ1) is 9.65. The van der Waals surface area contributed by atoms with Crippen molar-refractivity contribution in [3.63, 3.8) is 0 Å². The lowest BCUT2D eigenvalue weighted by atomic mass is 10.1. The Kier molecular flexibility index (Phi) is 3.15. The number of nitrogens with one attached hydrogen (secondary N) is 1. The minimum atomic E-state index is -0.451. The molecule has 0 bridgehead atoms. The monoisotopic (exact) mass is 286 g/mol. The zero-order chi connectivity index (χ0) is 14.1. The van der Waals surface area contributed by atoms with Crippen LogP contribution in [0.25, 0.3) is 0 Å². The first-order valence-corrected chi connectivity index (χ1v) is 6.84. The van der Waals surface area contributed by atoms with Crippen molar-refractivity contribution in [1.82, 2.24) is 0 Å². The lowest BCUT2D eigenvalue weighted by molar-refractivity contribution is -0.384. The maximum Gasteiger partial charge on any atom is 0.269 e. The molecule has 0 saturated carbocycles. The van der Waals surface area contributed by atoms with Crippen LogP contribution in [-0.4, -0.2) is 10.8 Å². The third-order valence-corrected chi connectivity index (χ3v) is 4.37. The van der Waals surface area contributed by atoms with Crippen LogP contribution < -0.4 is 5.32 Å². The highest BCUT2D eigenvalue weighted by atomic mass is 32.2. The Bertz CT molecular complexity index is 685. The Morgan fingerprint density at radius 1 is 1.10 bits per heavy atom. The van der Waals surface area contributed by atoms with E-state index in [-0.39, 0.29) is 16.8 Å². The van der Waals surface area contributed by atoms with Crippen LogP contribution in [0.2, 0.25) is 0 Å². The molecule has 1 aliphatic rings. The van der Waals surface area contributed by atoms with Crippen LogP contribution in [0.4, 0.5) is 11.4 Å². The van der Waals surface area contributed by atoms with Gasteiger partial charge in [-0.1, -0.05) is 24.3 Å². The predicted molar refractivity (Wildman–Crippen MR) is 76.8 cm³/mol. The van der Waals surface area contributed by atoms with E-state index in [4.69, 9.17) is 0 Å². The third kappa shape index (κ3) is 2.25. The van der Waals surface area contributed by atoms with Gasteiger partial charge in [-0.2, -0.15) is 0 Å². The van der Waals surface area contributed by atoms with Crippen molar-refractivity contribution in [2.45, 2.75) is 10.1 Å². The van der Waals surface area contributed by atoms with E-state index in [2.05, 4.69) is 5.32 Å². The molecule has 0 fully saturated rings. The normalized spacial score (nSPS) is 17.2. The summed E-state index contributed by atoms with van der Waals surface area (Å²) in [6.45, 7) is 0. The first kappa shape index (κ1) is 12.7. The molecule has 20 heavy (non-hydrogen) atoms. The van der Waals surface area contributed by atoms with Gasteiger partial charge in [0.1, 0.15) is 5.25 Å². The molecular formula is C14H10N2O3S. The molecule has 1 aliphatic heterocycles. The van der Waals surface area contributed by atoms with E-state index >= 15 is 0 Å². The van der Waals surface area contributed by atoms with Gasteiger partial charge < -0.3 is 5.32 Å². The number of carbonyl (C=O) groups is 1. The number of fused-ring (bicyclic) bond motifs is 1. The van der Waals surface area contributed by atoms with Gasteiger partial charge in [-0.3, -0.25) is 14.9 Å². The van der Waals surface area contributed by atoms with Crippen LogP contribution in [-0.2, 0) is 4.79 Å². The maximum absolute atomic E-state index is 12.1. The summed E-state index contributed by atoms with van der Waals surface area (Å²) < 4.78 is 0. The number of amides is 1. The van der Waals surface area contributed by atoms with Gasteiger partial charge in [0.2, 0.25) is 5.91 Å². The molecule has 2 aromatic rings. The lowest BCUT2D eigenvalue weighted by Crippen LogP contribution is -2.22. The fraction of sp³-hybridized carbons (Fsp3) is 0.0714. The van der Waals surface area contributed by atoms with Gasteiger partial charge in [0.25, 0.3) is 5.69 Å². The molecule has 0 saturated heterocycles. The Morgan fingerprint density at radius 2 is 1.80 bits per heavy atom. The first-order valence-electron chi connectivity index (χ1n) is 5.96. The van der Waals surface area contributed by atoms with Crippen LogP contribution in [0.15, 0.2) is 53.4 Å². The van der Waals surface area contributed by atoms with E-state index in [1.165, 1.54) is 23.9 Å². The molecule has 100 valence electrons. The molecule has 1 N–H and O–H groups in total. The standard InChI is InChI=1S/C14H10N2O3S/c17-14-13(9-5-7-10(8-6-9)16(18)19)20-12-4-2-1-3-11(12)15-14/h1-8,13H,(H,15,17). The SMILES string of the molecule is O=C1Nc2ccccc2SC1c1ccc([N+](=O)[O-])cc1. The van der Waals surface area contributed by atoms with Gasteiger partial charge in [-0.25, -0.2) is 0 Å². The second-order valence-electron chi connectivity index (χ2n) is 4.33. The number of nitro benzene ring substituents is 1. The summed E-state index contributed by atoms with van der Waals surface area (Å²) in [5, 5.41) is 13.1. The van der Waals surface area contributed by atoms with Gasteiger partial charge >= 0.3 is 0 Å². The van der Waals surface area contributed by atoms with E-state index in [1.54, 1.807) is 12.1 Å². The Labute approximate surface area is 119 Å². The highest BCUT2D eigenvalue weighted by molar-refractivity contribution is 8.00. The molecule has 2 aromatic carbocycles. The zero-order valence-corrected chi connectivity index (χ0v) is 11.1. The third-order valence-electron chi connectivity index (χ3n) is 3.03. The molecular weight excluding hydrogens is 276 g/mol. The van der Waals surface area contributed by atoms with Crippen LogP contribution in [0.3, 0.4) is 0 Å². The number of carbonyl (C=O) groups excluding carboxylic acids is 1. The van der Waals surface area contributed by atoms with Crippen LogP contribution in [0.1, 0.15) is 10.8 Å². The highest BCUT2D eigenvalue weighted by Gasteiger charge is 2.28. The van der Waals surface area contributed by atoms with Crippen molar-refractivity contribution >= 4 is 29.0 Å². The Morgan fingerprint density at radius 3 is 2.50 bits per heavy atom. The number of nitrogens with zero attached hydrogens (tertiary/aromatic N) is 1. The summed E-state index contributed by atoms with van der Waals surface area (Å²) in [6.07, 6.45) is 0. The average molecular weight is 286 g/mol. The smallest absolute Gasteiger partial charge is 0.269 e. The van der Waals surface area contributed by atoms with Crippen molar-refractivity contribution in [1.29, 1.82) is 0 Å². The van der Waals surface area contributed by atoms with Crippen molar-refractivity contribution < 1.29 is 9.72 Å². The van der Waals surface area contributed by atoms with Crippen molar-refractivity contribution in [3.05, 3.63) is 64.2 Å². The highest BCUT2D eigenvalue weighted by Crippen LogP contribution is 2.43. The minimum absolute atomic E-state index is 0.0235. The van der Waals surface area contributed by atoms with E-state index in [0.717, 1.165) is 16.1 Å². The summed E-state index contributed by atoms with van der Waals surface area (Å²) in [5.74, 6) is -0.109. The van der Waals surface area contributed by atoms with Gasteiger partial charge in [0.15, 0.2) is 0 Å². The van der Waals surface area contributed by atoms with E-state index in [1.807, 2.05) is 24.3 Å². The Hall–Kier alpha value is -2.34. The predicted octanol–water partition coefficient (Wildman–Crippen LogP) is 3.38. The maximum atomic E-state index is 12.1. The summed E-state index contributed by atoms with van der Waals surface area (Å²) in [5.41, 5.74) is 1.59. The molecule has 0 aromatic heterocycles. The molecule has 1 amide bonds. The number of hydrogen-bond acceptors (Lipinski definition) is 4. The number of nitro groups is 1. The second-order valence-corrected chi connectivity index (χ2v) is 5.48. The molecule has 0 aliphatic carbocycles. The topological polar surface area (TPSA) is 72.2 Å². The largest absolute Gasteiger partial charge is 0.324 e. The fourth-order valence-electron chi connectivity index (χ4n) is 2.04. The number of anilines is 1. The molecule has 5 nitrogen and oxygen atoms in total. The number of thioether (sulfide) groups is 1. The van der Waals surface area contributed by atoms with E-state index < -0.39 is 4.92 Å². The zero-order valence-electron chi connectivity index (χ0n) is 10.3. The molecule has 1 atom stereocenters. The quantitative estimate of drug-likeness (QED) is 0.678. The molecule has 0 spiro atoms. The summed E-state index contributed by atoms with van der Waals surface area (Å²) >= 11 is 1.45. The van der Waals surface area contributed by atoms with Gasteiger partial charge in [-0.05, 0) is 17.7 Å². The number of non-ortho nitro benzene ring substituents is 1. The summed E-state index contributed by atoms with van der Waals surface area (Å²) in [7, 11) is 0. The molecule has 1 heterocycles. The van der Waals surface area contributed by atoms with Crippen molar-refractivity contribution in [3.8, 4) is 0 Å². The van der Waals surface area contributed by atoms with Crippen LogP contribution >= 0.6 is 11.8 Å². The molecule has 0 radical (unpaired) electrons. The fourth-order valence-corrected chi connectivity index (χ4v) is 3.16. The van der Waals surface area contributed by atoms with E-state index in [0.29, 0.717) is 0 Å². The number of hydrogen-bond donors (Lipinski definition) is 1. The molecule has 1 unspecified atom stereocenters. The van der Waals surface area contributed by atoms with E-state index in [9.17, 15) is 14.9 Å². The second kappa shape index (κ2) is 4.97. The van der Waals surface area contributed by atoms with Crippen LogP contribution in [0.5, 0.6) is 0 Å². The summed E-state index contributed by atoms with van der Waals surface area (Å²) in [4.78, 5) is 23.3. The Balaban J connectivity index is 1.91. The average Bonchev–Trinajstić information content (AvgIpc) is 2.46. The number of rotatable bonds is 2. The molecule has 6 heteroatoms. The van der Waals surface area contributed by atoms with Crippen LogP contribution in [0, 0.1) is 10.1 Å². The summed E-state index contributed by atoms with van der Waals surface area (Å²) in [6, 6.07) is 13.7. The number of benzene rings is 2.